The van der Waals surface area contributed by atoms with Crippen molar-refractivity contribution in [3.63, 3.8) is 0 Å². The molecule has 0 bridgehead atoms. The molecular formula is C19H12ClF3N6O2S. The van der Waals surface area contributed by atoms with E-state index in [1.54, 1.807) is 29.6 Å². The number of benzene rings is 1. The molecule has 13 heteroatoms. The average molecular weight is 481 g/mol. The quantitative estimate of drug-likeness (QED) is 0.444. The fraction of sp³-hybridized carbons (Fsp3) is 0.105. The van der Waals surface area contributed by atoms with Crippen molar-refractivity contribution in [1.29, 1.82) is 0 Å². The zero-order chi connectivity index (χ0) is 22.9. The Balaban J connectivity index is 1.64. The van der Waals surface area contributed by atoms with Gasteiger partial charge in [0.2, 0.25) is 5.88 Å². The Morgan fingerprint density at radius 3 is 2.62 bits per heavy atom. The maximum Gasteiger partial charge on any atom is 0.434 e. The molecule has 1 amide bonds. The highest BCUT2D eigenvalue weighted by molar-refractivity contribution is 7.14. The van der Waals surface area contributed by atoms with Crippen LogP contribution >= 0.6 is 22.9 Å². The van der Waals surface area contributed by atoms with Gasteiger partial charge in [0.25, 0.3) is 5.91 Å². The van der Waals surface area contributed by atoms with E-state index in [0.717, 1.165) is 17.5 Å². The molecule has 0 aliphatic heterocycles. The number of hydrogen-bond acceptors (Lipinski definition) is 7. The first-order chi connectivity index (χ1) is 15.3. The fourth-order valence-corrected chi connectivity index (χ4v) is 3.72. The Morgan fingerprint density at radius 2 is 1.97 bits per heavy atom. The molecular weight excluding hydrogens is 469 g/mol. The molecule has 0 radical (unpaired) electrons. The normalized spacial score (nSPS) is 11.4. The number of thiazole rings is 1. The van der Waals surface area contributed by atoms with E-state index < -0.39 is 23.3 Å². The molecule has 32 heavy (non-hydrogen) atoms. The summed E-state index contributed by atoms with van der Waals surface area (Å²) in [6, 6.07) is 9.52. The first-order valence-corrected chi connectivity index (χ1v) is 10.1. The average Bonchev–Trinajstić information content (AvgIpc) is 3.41. The third-order valence-corrected chi connectivity index (χ3v) is 5.30. The molecule has 3 aromatic heterocycles. The summed E-state index contributed by atoms with van der Waals surface area (Å²) in [5.74, 6) is -1.14. The van der Waals surface area contributed by atoms with Crippen molar-refractivity contribution in [2.45, 2.75) is 6.18 Å². The van der Waals surface area contributed by atoms with Gasteiger partial charge >= 0.3 is 6.18 Å². The number of anilines is 1. The number of rotatable bonds is 5. The smallest absolute Gasteiger partial charge is 0.434 e. The Labute approximate surface area is 187 Å². The second-order valence-corrected chi connectivity index (χ2v) is 7.49. The first kappa shape index (κ1) is 21.7. The van der Waals surface area contributed by atoms with Crippen molar-refractivity contribution in [2.75, 3.05) is 12.4 Å². The van der Waals surface area contributed by atoms with Gasteiger partial charge in [-0.2, -0.15) is 18.3 Å². The van der Waals surface area contributed by atoms with E-state index in [-0.39, 0.29) is 16.8 Å². The first-order valence-electron chi connectivity index (χ1n) is 8.83. The molecule has 0 fully saturated rings. The number of amides is 1. The van der Waals surface area contributed by atoms with Gasteiger partial charge < -0.3 is 4.74 Å². The summed E-state index contributed by atoms with van der Waals surface area (Å²) in [7, 11) is 1.34. The Morgan fingerprint density at radius 1 is 1.19 bits per heavy atom. The largest absolute Gasteiger partial charge is 0.480 e. The highest BCUT2D eigenvalue weighted by Gasteiger charge is 2.41. The molecule has 0 aliphatic carbocycles. The van der Waals surface area contributed by atoms with Gasteiger partial charge in [0.1, 0.15) is 0 Å². The molecule has 8 nitrogen and oxygen atoms in total. The molecule has 164 valence electrons. The van der Waals surface area contributed by atoms with Gasteiger partial charge in [-0.05, 0) is 12.1 Å². The van der Waals surface area contributed by atoms with E-state index in [1.807, 2.05) is 0 Å². The zero-order valence-electron chi connectivity index (χ0n) is 16.1. The number of methoxy groups -OCH3 is 1. The van der Waals surface area contributed by atoms with Crippen molar-refractivity contribution in [3.8, 4) is 23.0 Å². The van der Waals surface area contributed by atoms with Gasteiger partial charge in [0, 0.05) is 22.0 Å². The van der Waals surface area contributed by atoms with Gasteiger partial charge in [0.05, 0.1) is 24.6 Å². The number of nitrogens with zero attached hydrogens (tertiary/aromatic N) is 5. The summed E-state index contributed by atoms with van der Waals surface area (Å²) in [6.07, 6.45) is -4.08. The monoisotopic (exact) mass is 480 g/mol. The molecule has 0 saturated carbocycles. The molecule has 0 spiro atoms. The molecule has 0 saturated heterocycles. The minimum Gasteiger partial charge on any atom is -0.480 e. The van der Waals surface area contributed by atoms with Crippen molar-refractivity contribution in [1.82, 2.24) is 25.0 Å². The van der Waals surface area contributed by atoms with Crippen molar-refractivity contribution < 1.29 is 22.7 Å². The highest BCUT2D eigenvalue weighted by Crippen LogP contribution is 2.34. The van der Waals surface area contributed by atoms with Crippen molar-refractivity contribution in [3.05, 3.63) is 64.3 Å². The van der Waals surface area contributed by atoms with Crippen LogP contribution in [0.2, 0.25) is 5.02 Å². The summed E-state index contributed by atoms with van der Waals surface area (Å²) in [5.41, 5.74) is -0.870. The van der Waals surface area contributed by atoms with Gasteiger partial charge in [-0.1, -0.05) is 29.8 Å². The summed E-state index contributed by atoms with van der Waals surface area (Å²) >= 11 is 7.19. The predicted octanol–water partition coefficient (Wildman–Crippen LogP) is 4.72. The van der Waals surface area contributed by atoms with E-state index >= 15 is 0 Å². The summed E-state index contributed by atoms with van der Waals surface area (Å²) in [6.45, 7) is 0. The number of hydrogen-bond donors (Lipinski definition) is 1. The summed E-state index contributed by atoms with van der Waals surface area (Å²) < 4.78 is 46.8. The number of nitrogens with one attached hydrogen (secondary N) is 1. The molecule has 4 aromatic rings. The fourth-order valence-electron chi connectivity index (χ4n) is 2.78. The Kier molecular flexibility index (Phi) is 5.80. The van der Waals surface area contributed by atoms with Crippen LogP contribution in [0.1, 0.15) is 16.1 Å². The number of ether oxygens (including phenoxy) is 1. The lowest BCUT2D eigenvalue weighted by atomic mass is 10.2. The molecule has 3 heterocycles. The van der Waals surface area contributed by atoms with Gasteiger partial charge in [-0.3, -0.25) is 10.1 Å². The lowest BCUT2D eigenvalue weighted by Gasteiger charge is -2.11. The molecule has 1 N–H and O–H groups in total. The van der Waals surface area contributed by atoms with E-state index in [4.69, 9.17) is 16.3 Å². The SMILES string of the molecule is COc1ccc(-n2ncc(C(=O)Nc3nc(-c4ccccc4Cl)cs3)c2C(F)(F)F)nn1. The van der Waals surface area contributed by atoms with Crippen LogP contribution in [0.3, 0.4) is 0 Å². The molecule has 0 unspecified atom stereocenters. The van der Waals surface area contributed by atoms with Crippen LogP contribution < -0.4 is 10.1 Å². The lowest BCUT2D eigenvalue weighted by molar-refractivity contribution is -0.143. The zero-order valence-corrected chi connectivity index (χ0v) is 17.7. The number of alkyl halides is 3. The van der Waals surface area contributed by atoms with Crippen LogP contribution in [0.15, 0.2) is 48.0 Å². The second-order valence-electron chi connectivity index (χ2n) is 6.22. The third-order valence-electron chi connectivity index (χ3n) is 4.21. The predicted molar refractivity (Wildman–Crippen MR) is 111 cm³/mol. The molecule has 1 aromatic carbocycles. The van der Waals surface area contributed by atoms with E-state index in [1.165, 1.54) is 19.2 Å². The number of halogens is 4. The van der Waals surface area contributed by atoms with Crippen molar-refractivity contribution >= 4 is 34.0 Å². The maximum absolute atomic E-state index is 13.8. The van der Waals surface area contributed by atoms with E-state index in [2.05, 4.69) is 25.6 Å². The minimum atomic E-state index is -4.89. The molecule has 0 aliphatic rings. The number of carbonyl (C=O) groups is 1. The van der Waals surface area contributed by atoms with Crippen LogP contribution in [0.25, 0.3) is 17.1 Å². The summed E-state index contributed by atoms with van der Waals surface area (Å²) in [4.78, 5) is 16.9. The maximum atomic E-state index is 13.8. The minimum absolute atomic E-state index is 0.107. The Hall–Kier alpha value is -3.51. The number of carbonyl (C=O) groups excluding carboxylic acids is 1. The van der Waals surface area contributed by atoms with Gasteiger partial charge in [-0.15, -0.1) is 21.5 Å². The van der Waals surface area contributed by atoms with E-state index in [9.17, 15) is 18.0 Å². The molecule has 4 rings (SSSR count). The topological polar surface area (TPSA) is 94.8 Å². The van der Waals surface area contributed by atoms with Crippen LogP contribution in [0.4, 0.5) is 18.3 Å². The summed E-state index contributed by atoms with van der Waals surface area (Å²) in [5, 5.41) is 15.6. The molecule has 0 atom stereocenters. The second kappa shape index (κ2) is 8.55. The van der Waals surface area contributed by atoms with E-state index in [0.29, 0.717) is 21.0 Å². The number of aromatic nitrogens is 5. The van der Waals surface area contributed by atoms with Gasteiger partial charge in [0.15, 0.2) is 16.6 Å². The van der Waals surface area contributed by atoms with Crippen LogP contribution in [-0.2, 0) is 6.18 Å². The standard InChI is InChI=1S/C19H12ClF3N6O2S/c1-31-15-7-6-14(27-28-15)29-16(19(21,22)23)11(8-24-29)17(30)26-18-25-13(9-32-18)10-4-2-3-5-12(10)20/h2-9H,1H3,(H,25,26,30). The van der Waals surface area contributed by atoms with Crippen LogP contribution in [-0.4, -0.2) is 38.0 Å². The Bertz CT molecular complexity index is 1270. The van der Waals surface area contributed by atoms with Crippen molar-refractivity contribution in [2.24, 2.45) is 0 Å². The lowest BCUT2D eigenvalue weighted by Crippen LogP contribution is -2.21. The van der Waals surface area contributed by atoms with Gasteiger partial charge in [-0.25, -0.2) is 9.67 Å². The van der Waals surface area contributed by atoms with Crippen LogP contribution in [0.5, 0.6) is 5.88 Å². The highest BCUT2D eigenvalue weighted by atomic mass is 35.5. The van der Waals surface area contributed by atoms with Crippen LogP contribution in [0, 0.1) is 0 Å². The third kappa shape index (κ3) is 4.27.